The van der Waals surface area contributed by atoms with Gasteiger partial charge in [0.15, 0.2) is 0 Å². The van der Waals surface area contributed by atoms with Crippen molar-refractivity contribution in [2.24, 2.45) is 5.84 Å². The summed E-state index contributed by atoms with van der Waals surface area (Å²) in [4.78, 5) is 2.51. The van der Waals surface area contributed by atoms with Gasteiger partial charge in [0.25, 0.3) is 0 Å². The first kappa shape index (κ1) is 12.6. The molecule has 1 aromatic heterocycles. The minimum Gasteiger partial charge on any atom is -0.374 e. The van der Waals surface area contributed by atoms with Crippen molar-refractivity contribution in [2.45, 2.75) is 39.3 Å². The molecule has 1 atom stereocenters. The summed E-state index contributed by atoms with van der Waals surface area (Å²) in [5, 5.41) is 0. The molecule has 1 rings (SSSR count). The molecule has 0 saturated carbocycles. The number of ether oxygens (including phenoxy) is 1. The van der Waals surface area contributed by atoms with E-state index in [-0.39, 0.29) is 11.6 Å². The minimum absolute atomic E-state index is 0.0381. The molecule has 0 aliphatic heterocycles. The van der Waals surface area contributed by atoms with Crippen molar-refractivity contribution in [3.8, 4) is 0 Å². The van der Waals surface area contributed by atoms with E-state index in [0.717, 1.165) is 0 Å². The molecule has 0 aliphatic rings. The molecule has 0 spiro atoms. The van der Waals surface area contributed by atoms with Crippen LogP contribution >= 0.6 is 11.3 Å². The fraction of sp³-hybridized carbons (Fsp3) is 0.636. The number of nitrogens with one attached hydrogen (secondary N) is 1. The predicted octanol–water partition coefficient (Wildman–Crippen LogP) is 2.38. The molecule has 0 saturated heterocycles. The van der Waals surface area contributed by atoms with E-state index < -0.39 is 0 Å². The smallest absolute Gasteiger partial charge is 0.0841 e. The van der Waals surface area contributed by atoms with Crippen LogP contribution in [0.5, 0.6) is 0 Å². The Hall–Kier alpha value is -0.420. The molecule has 0 fully saturated rings. The number of aryl methyl sites for hydroxylation is 1. The zero-order chi connectivity index (χ0) is 11.5. The van der Waals surface area contributed by atoms with Gasteiger partial charge < -0.3 is 4.74 Å². The van der Waals surface area contributed by atoms with Crippen LogP contribution in [0.2, 0.25) is 0 Å². The highest BCUT2D eigenvalue weighted by molar-refractivity contribution is 7.12. The van der Waals surface area contributed by atoms with E-state index in [1.807, 2.05) is 6.92 Å². The van der Waals surface area contributed by atoms with Crippen molar-refractivity contribution in [3.63, 3.8) is 0 Å². The Balaban J connectivity index is 2.88. The Labute approximate surface area is 95.6 Å². The lowest BCUT2D eigenvalue weighted by molar-refractivity contribution is -0.0384. The van der Waals surface area contributed by atoms with Gasteiger partial charge in [-0.05, 0) is 39.8 Å². The van der Waals surface area contributed by atoms with Gasteiger partial charge in [-0.15, -0.1) is 11.3 Å². The Morgan fingerprint density at radius 1 is 1.53 bits per heavy atom. The fourth-order valence-electron chi connectivity index (χ4n) is 1.69. The number of hydrogen-bond donors (Lipinski definition) is 2. The second kappa shape index (κ2) is 5.07. The minimum atomic E-state index is -0.291. The van der Waals surface area contributed by atoms with E-state index in [1.54, 1.807) is 11.3 Å². The Morgan fingerprint density at radius 2 is 2.20 bits per heavy atom. The summed E-state index contributed by atoms with van der Waals surface area (Å²) in [7, 11) is 0. The third-order valence-electron chi connectivity index (χ3n) is 2.42. The molecule has 3 N–H and O–H groups in total. The fourth-order valence-corrected chi connectivity index (χ4v) is 2.80. The van der Waals surface area contributed by atoms with Gasteiger partial charge in [-0.3, -0.25) is 5.84 Å². The van der Waals surface area contributed by atoms with Gasteiger partial charge in [0, 0.05) is 16.4 Å². The topological polar surface area (TPSA) is 47.3 Å². The van der Waals surface area contributed by atoms with Gasteiger partial charge in [-0.2, -0.15) is 0 Å². The molecule has 1 heterocycles. The molecule has 15 heavy (non-hydrogen) atoms. The van der Waals surface area contributed by atoms with E-state index in [0.29, 0.717) is 6.61 Å². The van der Waals surface area contributed by atoms with Crippen molar-refractivity contribution in [2.75, 3.05) is 6.61 Å². The number of thiophene rings is 1. The van der Waals surface area contributed by atoms with Crippen LogP contribution < -0.4 is 11.3 Å². The van der Waals surface area contributed by atoms with Gasteiger partial charge in [-0.1, -0.05) is 0 Å². The van der Waals surface area contributed by atoms with Crippen LogP contribution in [0.4, 0.5) is 0 Å². The van der Waals surface area contributed by atoms with Crippen LogP contribution in [0, 0.1) is 6.92 Å². The molecule has 1 unspecified atom stereocenters. The SMILES string of the molecule is CCOC(C)(C)C(NN)c1ccc(C)s1. The molecular weight excluding hydrogens is 208 g/mol. The second-order valence-electron chi connectivity index (χ2n) is 4.08. The highest BCUT2D eigenvalue weighted by atomic mass is 32.1. The molecule has 1 aromatic rings. The first-order valence-electron chi connectivity index (χ1n) is 5.17. The summed E-state index contributed by atoms with van der Waals surface area (Å²) < 4.78 is 5.71. The zero-order valence-electron chi connectivity index (χ0n) is 9.83. The van der Waals surface area contributed by atoms with Crippen LogP contribution in [0.15, 0.2) is 12.1 Å². The molecule has 0 bridgehead atoms. The largest absolute Gasteiger partial charge is 0.374 e. The molecule has 0 amide bonds. The summed E-state index contributed by atoms with van der Waals surface area (Å²) in [6.07, 6.45) is 0. The normalized spacial score (nSPS) is 14.2. The van der Waals surface area contributed by atoms with E-state index >= 15 is 0 Å². The molecule has 3 nitrogen and oxygen atoms in total. The Kier molecular flexibility index (Phi) is 4.28. The maximum absolute atomic E-state index is 5.71. The van der Waals surface area contributed by atoms with Crippen LogP contribution in [-0.2, 0) is 4.74 Å². The van der Waals surface area contributed by atoms with Gasteiger partial charge in [0.05, 0.1) is 11.6 Å². The summed E-state index contributed by atoms with van der Waals surface area (Å²) in [5.41, 5.74) is 2.55. The van der Waals surface area contributed by atoms with E-state index in [9.17, 15) is 0 Å². The number of nitrogens with two attached hydrogens (primary N) is 1. The lowest BCUT2D eigenvalue weighted by atomic mass is 9.97. The van der Waals surface area contributed by atoms with Crippen LogP contribution in [-0.4, -0.2) is 12.2 Å². The zero-order valence-corrected chi connectivity index (χ0v) is 10.6. The highest BCUT2D eigenvalue weighted by Gasteiger charge is 2.31. The maximum Gasteiger partial charge on any atom is 0.0841 e. The predicted molar refractivity (Wildman–Crippen MR) is 64.8 cm³/mol. The van der Waals surface area contributed by atoms with Crippen molar-refractivity contribution in [3.05, 3.63) is 21.9 Å². The lowest BCUT2D eigenvalue weighted by Gasteiger charge is -2.33. The molecule has 86 valence electrons. The molecule has 0 aliphatic carbocycles. The third kappa shape index (κ3) is 3.01. The van der Waals surface area contributed by atoms with E-state index in [1.165, 1.54) is 9.75 Å². The van der Waals surface area contributed by atoms with Crippen molar-refractivity contribution in [1.82, 2.24) is 5.43 Å². The number of rotatable bonds is 5. The number of hydrazine groups is 1. The van der Waals surface area contributed by atoms with Crippen LogP contribution in [0.1, 0.15) is 36.6 Å². The van der Waals surface area contributed by atoms with Crippen LogP contribution in [0.3, 0.4) is 0 Å². The summed E-state index contributed by atoms with van der Waals surface area (Å²) in [6.45, 7) is 8.88. The quantitative estimate of drug-likeness (QED) is 0.601. The summed E-state index contributed by atoms with van der Waals surface area (Å²) >= 11 is 1.75. The molecular formula is C11H20N2OS. The van der Waals surface area contributed by atoms with Gasteiger partial charge in [-0.25, -0.2) is 5.43 Å². The first-order chi connectivity index (χ1) is 7.01. The monoisotopic (exact) mass is 228 g/mol. The van der Waals surface area contributed by atoms with E-state index in [4.69, 9.17) is 10.6 Å². The molecule has 0 radical (unpaired) electrons. The summed E-state index contributed by atoms with van der Waals surface area (Å²) in [5.74, 6) is 5.61. The Morgan fingerprint density at radius 3 is 2.60 bits per heavy atom. The average molecular weight is 228 g/mol. The third-order valence-corrected chi connectivity index (χ3v) is 3.49. The van der Waals surface area contributed by atoms with Gasteiger partial charge >= 0.3 is 0 Å². The van der Waals surface area contributed by atoms with Crippen molar-refractivity contribution in [1.29, 1.82) is 0 Å². The Bertz CT molecular complexity index is 309. The average Bonchev–Trinajstić information content (AvgIpc) is 2.52. The standard InChI is InChI=1S/C11H20N2OS/c1-5-14-11(3,4)10(13-12)9-7-6-8(2)15-9/h6-7,10,13H,5,12H2,1-4H3. The van der Waals surface area contributed by atoms with E-state index in [2.05, 4.69) is 38.3 Å². The van der Waals surface area contributed by atoms with Crippen molar-refractivity contribution >= 4 is 11.3 Å². The van der Waals surface area contributed by atoms with Gasteiger partial charge in [0.2, 0.25) is 0 Å². The highest BCUT2D eigenvalue weighted by Crippen LogP contribution is 2.32. The summed E-state index contributed by atoms with van der Waals surface area (Å²) in [6, 6.07) is 4.24. The molecule has 0 aromatic carbocycles. The lowest BCUT2D eigenvalue weighted by Crippen LogP contribution is -2.44. The first-order valence-corrected chi connectivity index (χ1v) is 5.99. The molecule has 4 heteroatoms. The second-order valence-corrected chi connectivity index (χ2v) is 5.40. The van der Waals surface area contributed by atoms with Gasteiger partial charge in [0.1, 0.15) is 0 Å². The van der Waals surface area contributed by atoms with Crippen LogP contribution in [0.25, 0.3) is 0 Å². The number of hydrogen-bond acceptors (Lipinski definition) is 4. The van der Waals surface area contributed by atoms with Crippen molar-refractivity contribution < 1.29 is 4.74 Å². The maximum atomic E-state index is 5.71.